The summed E-state index contributed by atoms with van der Waals surface area (Å²) in [5.41, 5.74) is 1.28. The number of hydrogen-bond donors (Lipinski definition) is 2. The lowest BCUT2D eigenvalue weighted by molar-refractivity contribution is -0.384. The smallest absolute Gasteiger partial charge is 0.306 e. The number of hydrogen-bond acceptors (Lipinski definition) is 6. The lowest BCUT2D eigenvalue weighted by Gasteiger charge is -2.32. The Kier molecular flexibility index (Phi) is 6.40. The van der Waals surface area contributed by atoms with Gasteiger partial charge in [0, 0.05) is 31.3 Å². The van der Waals surface area contributed by atoms with Gasteiger partial charge in [-0.1, -0.05) is 30.3 Å². The van der Waals surface area contributed by atoms with Gasteiger partial charge in [0.25, 0.3) is 11.6 Å². The molecule has 9 heteroatoms. The van der Waals surface area contributed by atoms with Crippen LogP contribution >= 0.6 is 0 Å². The first-order chi connectivity index (χ1) is 13.9. The van der Waals surface area contributed by atoms with E-state index in [1.54, 1.807) is 0 Å². The molecule has 2 N–H and O–H groups in total. The fraction of sp³-hybridized carbons (Fsp3) is 0.300. The van der Waals surface area contributed by atoms with E-state index in [-0.39, 0.29) is 36.7 Å². The van der Waals surface area contributed by atoms with Gasteiger partial charge in [0.1, 0.15) is 5.69 Å². The van der Waals surface area contributed by atoms with Gasteiger partial charge in [0.2, 0.25) is 0 Å². The predicted molar refractivity (Wildman–Crippen MR) is 105 cm³/mol. The normalized spacial score (nSPS) is 16.3. The number of anilines is 1. The molecule has 2 aromatic carbocycles. The number of carbonyl (C=O) groups is 2. The van der Waals surface area contributed by atoms with Crippen LogP contribution in [0.25, 0.3) is 0 Å². The van der Waals surface area contributed by atoms with Crippen LogP contribution in [0.4, 0.5) is 11.4 Å². The van der Waals surface area contributed by atoms with Crippen molar-refractivity contribution in [2.45, 2.75) is 19.1 Å². The van der Waals surface area contributed by atoms with Crippen LogP contribution in [0.3, 0.4) is 0 Å². The van der Waals surface area contributed by atoms with Crippen molar-refractivity contribution < 1.29 is 24.4 Å². The van der Waals surface area contributed by atoms with Crippen molar-refractivity contribution in [2.24, 2.45) is 0 Å². The van der Waals surface area contributed by atoms with Crippen LogP contribution in [0.1, 0.15) is 22.3 Å². The standard InChI is InChI=1S/C20H21N3O6/c24-19(25)11-16-13-22(8-9-29-16)20(26)15-6-7-17(18(10-15)23(27)28)21-12-14-4-2-1-3-5-14/h1-7,10,16,21H,8-9,11-13H2,(H,24,25). The van der Waals surface area contributed by atoms with E-state index in [1.807, 2.05) is 30.3 Å². The van der Waals surface area contributed by atoms with E-state index in [2.05, 4.69) is 5.32 Å². The highest BCUT2D eigenvalue weighted by atomic mass is 16.6. The quantitative estimate of drug-likeness (QED) is 0.542. The number of benzene rings is 2. The van der Waals surface area contributed by atoms with E-state index in [4.69, 9.17) is 9.84 Å². The zero-order chi connectivity index (χ0) is 20.8. The molecule has 152 valence electrons. The molecule has 0 aliphatic carbocycles. The van der Waals surface area contributed by atoms with Gasteiger partial charge in [-0.25, -0.2) is 0 Å². The molecule has 1 heterocycles. The average Bonchev–Trinajstić information content (AvgIpc) is 2.72. The molecule has 1 fully saturated rings. The molecule has 3 rings (SSSR count). The first kappa shape index (κ1) is 20.3. The number of amides is 1. The maximum atomic E-state index is 12.8. The van der Waals surface area contributed by atoms with E-state index in [0.717, 1.165) is 5.56 Å². The van der Waals surface area contributed by atoms with Gasteiger partial charge in [-0.15, -0.1) is 0 Å². The van der Waals surface area contributed by atoms with Crippen molar-refractivity contribution in [3.63, 3.8) is 0 Å². The fourth-order valence-corrected chi connectivity index (χ4v) is 3.16. The Hall–Kier alpha value is -3.46. The maximum Gasteiger partial charge on any atom is 0.306 e. The number of nitro groups is 1. The molecule has 0 bridgehead atoms. The molecular weight excluding hydrogens is 378 g/mol. The zero-order valence-corrected chi connectivity index (χ0v) is 15.6. The minimum absolute atomic E-state index is 0.132. The van der Waals surface area contributed by atoms with Crippen LogP contribution in [0.5, 0.6) is 0 Å². The number of rotatable bonds is 7. The van der Waals surface area contributed by atoms with Crippen molar-refractivity contribution in [3.05, 3.63) is 69.8 Å². The second-order valence-electron chi connectivity index (χ2n) is 6.67. The summed E-state index contributed by atoms with van der Waals surface area (Å²) in [5, 5.41) is 23.4. The molecule has 29 heavy (non-hydrogen) atoms. The van der Waals surface area contributed by atoms with E-state index in [0.29, 0.717) is 18.8 Å². The summed E-state index contributed by atoms with van der Waals surface area (Å²) in [6.07, 6.45) is -0.793. The van der Waals surface area contributed by atoms with E-state index < -0.39 is 17.0 Å². The maximum absolute atomic E-state index is 12.8. The van der Waals surface area contributed by atoms with Gasteiger partial charge < -0.3 is 20.1 Å². The number of nitrogens with one attached hydrogen (secondary N) is 1. The van der Waals surface area contributed by atoms with Crippen LogP contribution in [0.2, 0.25) is 0 Å². The number of carboxylic acid groups (broad SMARTS) is 1. The molecule has 0 saturated carbocycles. The van der Waals surface area contributed by atoms with Gasteiger partial charge in [-0.2, -0.15) is 0 Å². The Morgan fingerprint density at radius 3 is 2.69 bits per heavy atom. The predicted octanol–water partition coefficient (Wildman–Crippen LogP) is 2.52. The Morgan fingerprint density at radius 1 is 1.24 bits per heavy atom. The number of carbonyl (C=O) groups excluding carboxylic acids is 1. The highest BCUT2D eigenvalue weighted by Gasteiger charge is 2.28. The molecule has 0 radical (unpaired) electrons. The van der Waals surface area contributed by atoms with Crippen LogP contribution in [-0.2, 0) is 16.1 Å². The molecule has 1 atom stereocenters. The fourth-order valence-electron chi connectivity index (χ4n) is 3.16. The Bertz CT molecular complexity index is 902. The van der Waals surface area contributed by atoms with E-state index >= 15 is 0 Å². The summed E-state index contributed by atoms with van der Waals surface area (Å²) in [6, 6.07) is 13.8. The van der Waals surface area contributed by atoms with Crippen molar-refractivity contribution in [1.29, 1.82) is 0 Å². The number of nitrogens with zero attached hydrogens (tertiary/aromatic N) is 2. The highest BCUT2D eigenvalue weighted by molar-refractivity contribution is 5.96. The summed E-state index contributed by atoms with van der Waals surface area (Å²) in [5.74, 6) is -1.39. The number of ether oxygens (including phenoxy) is 1. The second-order valence-corrected chi connectivity index (χ2v) is 6.67. The Labute approximate surface area is 167 Å². The van der Waals surface area contributed by atoms with Gasteiger partial charge in [-0.3, -0.25) is 19.7 Å². The van der Waals surface area contributed by atoms with Gasteiger partial charge in [-0.05, 0) is 17.7 Å². The molecule has 1 amide bonds. The van der Waals surface area contributed by atoms with Crippen molar-refractivity contribution in [2.75, 3.05) is 25.0 Å². The van der Waals surface area contributed by atoms with Crippen molar-refractivity contribution in [3.8, 4) is 0 Å². The minimum atomic E-state index is -1.01. The van der Waals surface area contributed by atoms with Gasteiger partial charge >= 0.3 is 5.97 Å². The Morgan fingerprint density at radius 2 is 2.00 bits per heavy atom. The first-order valence-electron chi connectivity index (χ1n) is 9.13. The minimum Gasteiger partial charge on any atom is -0.481 e. The second kappa shape index (κ2) is 9.16. The van der Waals surface area contributed by atoms with Crippen molar-refractivity contribution >= 4 is 23.3 Å². The van der Waals surface area contributed by atoms with E-state index in [1.165, 1.54) is 23.1 Å². The van der Waals surface area contributed by atoms with Crippen LogP contribution < -0.4 is 5.32 Å². The molecule has 2 aromatic rings. The summed E-state index contributed by atoms with van der Waals surface area (Å²) in [4.78, 5) is 36.1. The third-order valence-electron chi connectivity index (χ3n) is 4.60. The number of carboxylic acids is 1. The number of morpholine rings is 1. The lowest BCUT2D eigenvalue weighted by atomic mass is 10.1. The molecular formula is C20H21N3O6. The Balaban J connectivity index is 1.74. The van der Waals surface area contributed by atoms with Crippen LogP contribution in [0, 0.1) is 10.1 Å². The van der Waals surface area contributed by atoms with Gasteiger partial charge in [0.05, 0.1) is 24.1 Å². The molecule has 1 unspecified atom stereocenters. The highest BCUT2D eigenvalue weighted by Crippen LogP contribution is 2.27. The number of aliphatic carboxylic acids is 1. The largest absolute Gasteiger partial charge is 0.481 e. The third kappa shape index (κ3) is 5.29. The third-order valence-corrected chi connectivity index (χ3v) is 4.60. The van der Waals surface area contributed by atoms with E-state index in [9.17, 15) is 19.7 Å². The number of nitro benzene ring substituents is 1. The molecule has 0 spiro atoms. The van der Waals surface area contributed by atoms with Crippen LogP contribution in [0.15, 0.2) is 48.5 Å². The van der Waals surface area contributed by atoms with Gasteiger partial charge in [0.15, 0.2) is 0 Å². The zero-order valence-electron chi connectivity index (χ0n) is 15.6. The summed E-state index contributed by atoms with van der Waals surface area (Å²) in [6.45, 7) is 1.07. The summed E-state index contributed by atoms with van der Waals surface area (Å²) < 4.78 is 5.37. The van der Waals surface area contributed by atoms with Crippen LogP contribution in [-0.4, -0.2) is 52.6 Å². The topological polar surface area (TPSA) is 122 Å². The molecule has 1 aliphatic rings. The lowest BCUT2D eigenvalue weighted by Crippen LogP contribution is -2.46. The summed E-state index contributed by atoms with van der Waals surface area (Å²) >= 11 is 0. The molecule has 9 nitrogen and oxygen atoms in total. The average molecular weight is 399 g/mol. The summed E-state index contributed by atoms with van der Waals surface area (Å²) in [7, 11) is 0. The first-order valence-corrected chi connectivity index (χ1v) is 9.13. The monoisotopic (exact) mass is 399 g/mol. The molecule has 1 aliphatic heterocycles. The SMILES string of the molecule is O=C(O)CC1CN(C(=O)c2ccc(NCc3ccccc3)c([N+](=O)[O-])c2)CCO1. The molecule has 0 aromatic heterocycles. The van der Waals surface area contributed by atoms with Crippen molar-refractivity contribution in [1.82, 2.24) is 4.90 Å². The molecule has 1 saturated heterocycles.